The van der Waals surface area contributed by atoms with E-state index in [4.69, 9.17) is 63.5 Å². The van der Waals surface area contributed by atoms with Gasteiger partial charge in [0.2, 0.25) is 0 Å². The van der Waals surface area contributed by atoms with E-state index in [0.29, 0.717) is 0 Å². The number of carbonyl (C=O) groups excluding carboxylic acids is 1. The Balaban J connectivity index is 7.07. The van der Waals surface area contributed by atoms with E-state index in [1.54, 1.807) is 159 Å². The molecule has 0 aromatic rings. The monoisotopic (exact) mass is 1460 g/mol. The van der Waals surface area contributed by atoms with Crippen LogP contribution in [0, 0.1) is 0 Å². The molecule has 0 saturated heterocycles. The number of hydrogen-bond acceptors (Lipinski definition) is 29. The molecule has 36 heteroatoms. The quantitative estimate of drug-likeness (QED) is 0.0404. The van der Waals surface area contributed by atoms with Crippen molar-refractivity contribution in [1.29, 1.82) is 0 Å². The molecule has 0 aromatic carbocycles. The molecule has 0 N–H and O–H groups in total. The first-order valence-electron chi connectivity index (χ1n) is 27.7. The van der Waals surface area contributed by atoms with Crippen molar-refractivity contribution in [3.05, 3.63) is 0 Å². The summed E-state index contributed by atoms with van der Waals surface area (Å²) in [5.41, 5.74) is -0.790. The van der Waals surface area contributed by atoms with Crippen molar-refractivity contribution >= 4 is 133 Å². The molecular weight excluding hydrogens is 1360 g/mol. The van der Waals surface area contributed by atoms with Crippen LogP contribution in [0.1, 0.15) is 166 Å². The van der Waals surface area contributed by atoms with Gasteiger partial charge in [-0.3, -0.25) is 63.6 Å². The zero-order chi connectivity index (χ0) is 64.4. The molecule has 8 unspecified atom stereocenters. The molecule has 0 aliphatic carbocycles. The smallest absolute Gasteiger partial charge is 0.389 e. The van der Waals surface area contributed by atoms with Crippen LogP contribution in [0.2, 0.25) is 0 Å². The van der Waals surface area contributed by atoms with Crippen LogP contribution in [0.3, 0.4) is 0 Å². The highest BCUT2D eigenvalue weighted by atomic mass is 32.7. The van der Waals surface area contributed by atoms with E-state index in [-0.39, 0.29) is 53.3 Å². The highest BCUT2D eigenvalue weighted by molar-refractivity contribution is 8.58. The van der Waals surface area contributed by atoms with E-state index in [1.165, 1.54) is 0 Å². The van der Waals surface area contributed by atoms with E-state index in [9.17, 15) is 32.2 Å². The van der Waals surface area contributed by atoms with Crippen LogP contribution in [-0.4, -0.2) is 138 Å². The van der Waals surface area contributed by atoms with Crippen molar-refractivity contribution in [2.24, 2.45) is 0 Å². The molecule has 0 rings (SSSR count). The average molecular weight is 1460 g/mol. The molecule has 0 heterocycles. The van der Waals surface area contributed by atoms with Gasteiger partial charge in [0.25, 0.3) is 6.57 Å². The second kappa shape index (κ2) is 41.7. The summed E-state index contributed by atoms with van der Waals surface area (Å²) in [5.74, 6) is -0.745. The van der Waals surface area contributed by atoms with Gasteiger partial charge in [0, 0.05) is 40.3 Å². The van der Waals surface area contributed by atoms with Crippen LogP contribution in [0.15, 0.2) is 0 Å². The van der Waals surface area contributed by atoms with Crippen LogP contribution in [0.4, 0.5) is 0 Å². The van der Waals surface area contributed by atoms with Crippen molar-refractivity contribution < 1.29 is 100 Å². The molecule has 0 aromatic heterocycles. The van der Waals surface area contributed by atoms with Crippen molar-refractivity contribution in [2.45, 2.75) is 251 Å². The second-order valence-electron chi connectivity index (χ2n) is 21.0. The van der Waals surface area contributed by atoms with Crippen LogP contribution in [0.5, 0.6) is 0 Å². The standard InChI is InChI=1S/C47H101O22P7S7/c1-24-56-47(48)25-26-77-75(54,66-42(19)27-78-70(49,46(23)32-83-74(53,63-39(14)15)64-40(16)17)65-41(18)28-79-71(50,57-33(2)3)58-34(4)5)67-43(20)31-82-76(55,68-44(21)29-80-72(51,59-35(6)7)60-36(8)9)69-45(22)30-81-73(52,61-37(10)11)62-38(12)13/h33-46H,24-32H2,1-23H3. The summed E-state index contributed by atoms with van der Waals surface area (Å²) in [6.07, 6.45) is -8.08. The highest BCUT2D eigenvalue weighted by Gasteiger charge is 2.42. The third kappa shape index (κ3) is 40.7. The van der Waals surface area contributed by atoms with Crippen molar-refractivity contribution in [2.75, 3.05) is 46.9 Å². The van der Waals surface area contributed by atoms with E-state index in [0.717, 1.165) is 79.7 Å². The normalized spacial score (nSPS) is 17.8. The zero-order valence-electron chi connectivity index (χ0n) is 52.9. The Kier molecular flexibility index (Phi) is 43.2. The van der Waals surface area contributed by atoms with Crippen LogP contribution < -0.4 is 0 Å². The minimum Gasteiger partial charge on any atom is -0.466 e. The fourth-order valence-corrected chi connectivity index (χ4v) is 37.4. The Labute approximate surface area is 527 Å². The lowest BCUT2D eigenvalue weighted by Gasteiger charge is -2.30. The topological polar surface area (TPSA) is 266 Å². The molecule has 0 saturated carbocycles. The molecule has 0 fully saturated rings. The number of hydrogen-bond donors (Lipinski definition) is 0. The van der Waals surface area contributed by atoms with Gasteiger partial charge in [-0.05, 0) is 221 Å². The first kappa shape index (κ1) is 86.0. The van der Waals surface area contributed by atoms with Gasteiger partial charge in [0.05, 0.1) is 98.0 Å². The molecule has 498 valence electrons. The summed E-state index contributed by atoms with van der Waals surface area (Å²) in [5, 5.41) is 0. The molecule has 0 amide bonds. The highest BCUT2D eigenvalue weighted by Crippen LogP contribution is 2.72. The summed E-state index contributed by atoms with van der Waals surface area (Å²) < 4.78 is 182. The van der Waals surface area contributed by atoms with Gasteiger partial charge in [-0.2, -0.15) is 0 Å². The Bertz CT molecular complexity index is 2090. The zero-order valence-corrected chi connectivity index (χ0v) is 64.9. The molecular formula is C47H101O22P7S7. The molecule has 0 aliphatic heterocycles. The molecule has 0 bridgehead atoms. The maximum atomic E-state index is 15.3. The molecule has 83 heavy (non-hydrogen) atoms. The predicted octanol–water partition coefficient (Wildman–Crippen LogP) is 19.7. The molecule has 0 aliphatic rings. The maximum absolute atomic E-state index is 15.3. The fraction of sp³-hybridized carbons (Fsp3) is 0.979. The van der Waals surface area contributed by atoms with Gasteiger partial charge < -0.3 is 9.26 Å². The van der Waals surface area contributed by atoms with Crippen LogP contribution in [0.25, 0.3) is 0 Å². The first-order chi connectivity index (χ1) is 37.9. The summed E-state index contributed by atoms with van der Waals surface area (Å²) in [6, 6.07) is 0. The summed E-state index contributed by atoms with van der Waals surface area (Å²) in [7, 11) is 0. The second-order valence-corrected chi connectivity index (χ2v) is 50.3. The largest absolute Gasteiger partial charge is 0.466 e. The lowest BCUT2D eigenvalue weighted by atomic mass is 10.5. The molecule has 0 spiro atoms. The lowest BCUT2D eigenvalue weighted by Crippen LogP contribution is -2.19. The average Bonchev–Trinajstić information content (AvgIpc) is 3.29. The number of esters is 1. The van der Waals surface area contributed by atoms with Gasteiger partial charge in [-0.1, -0.05) is 18.3 Å². The van der Waals surface area contributed by atoms with Gasteiger partial charge >= 0.3 is 46.8 Å². The first-order valence-corrected chi connectivity index (χ1v) is 49.8. The molecule has 22 nitrogen and oxygen atoms in total. The van der Waals surface area contributed by atoms with E-state index in [2.05, 4.69) is 0 Å². The van der Waals surface area contributed by atoms with Gasteiger partial charge in [-0.15, -0.1) is 0 Å². The van der Waals surface area contributed by atoms with Crippen molar-refractivity contribution in [1.82, 2.24) is 0 Å². The lowest BCUT2D eigenvalue weighted by molar-refractivity contribution is -0.142. The summed E-state index contributed by atoms with van der Waals surface area (Å²) in [6.45, 7) is 12.0. The molecule has 8 atom stereocenters. The Hall–Kier alpha value is 3.01. The third-order valence-electron chi connectivity index (χ3n) is 8.52. The number of ether oxygens (including phenoxy) is 1. The van der Waals surface area contributed by atoms with Gasteiger partial charge in [0.15, 0.2) is 0 Å². The minimum absolute atomic E-state index is 0.00544. The van der Waals surface area contributed by atoms with Crippen molar-refractivity contribution in [3.63, 3.8) is 0 Å². The summed E-state index contributed by atoms with van der Waals surface area (Å²) in [4.78, 5) is 12.5. The van der Waals surface area contributed by atoms with E-state index in [1.807, 2.05) is 0 Å². The van der Waals surface area contributed by atoms with Crippen molar-refractivity contribution in [3.8, 4) is 0 Å². The predicted molar refractivity (Wildman–Crippen MR) is 354 cm³/mol. The number of rotatable bonds is 50. The van der Waals surface area contributed by atoms with E-state index >= 15 is 4.57 Å². The van der Waals surface area contributed by atoms with Crippen LogP contribution in [-0.2, 0) is 100 Å². The van der Waals surface area contributed by atoms with Crippen LogP contribution >= 0.6 is 127 Å². The van der Waals surface area contributed by atoms with Gasteiger partial charge in [-0.25, -0.2) is 27.4 Å². The maximum Gasteiger partial charge on any atom is 0.389 e. The Morgan fingerprint density at radius 2 is 0.518 bits per heavy atom. The SMILES string of the molecule is CCOC(=O)CCSP(=O)(OC(C)CSP(=O)(OC(C)CSP(=O)(OC(C)C)OC(C)C)OC(C)CSP(=O)(OC(C)C)OC(C)C)OC(C)CSP(=O)(OC(C)CSP(=O)(OC(C)C)OC(C)C)C(C)CSP(=O)(OC(C)C)OC(C)C. The Morgan fingerprint density at radius 3 is 0.771 bits per heavy atom. The minimum atomic E-state index is -4.28. The number of carbonyl (C=O) groups is 1. The fourth-order valence-electron chi connectivity index (χ4n) is 5.88. The van der Waals surface area contributed by atoms with Gasteiger partial charge in [0.1, 0.15) is 0 Å². The van der Waals surface area contributed by atoms with E-state index < -0.39 is 138 Å². The molecule has 0 radical (unpaired) electrons. The summed E-state index contributed by atoms with van der Waals surface area (Å²) >= 11 is 6.02. The third-order valence-corrected chi connectivity index (χ3v) is 39.4. The Morgan fingerprint density at radius 1 is 0.301 bits per heavy atom.